The number of benzene rings is 1. The highest BCUT2D eigenvalue weighted by Gasteiger charge is 2.08. The second kappa shape index (κ2) is 4.36. The molecular weight excluding hydrogens is 200 g/mol. The van der Waals surface area contributed by atoms with Crippen LogP contribution >= 0.6 is 0 Å². The average Bonchev–Trinajstić information content (AvgIpc) is 2.65. The van der Waals surface area contributed by atoms with Gasteiger partial charge in [0.15, 0.2) is 11.5 Å². The molecule has 0 spiro atoms. The summed E-state index contributed by atoms with van der Waals surface area (Å²) in [5, 5.41) is 8.92. The van der Waals surface area contributed by atoms with Crippen molar-refractivity contribution < 1.29 is 4.42 Å². The molecule has 0 aliphatic rings. The van der Waals surface area contributed by atoms with Crippen LogP contribution in [-0.4, -0.2) is 4.98 Å². The van der Waals surface area contributed by atoms with Crippen LogP contribution in [0.15, 0.2) is 22.6 Å². The first-order valence-corrected chi connectivity index (χ1v) is 5.48. The van der Waals surface area contributed by atoms with Crippen LogP contribution in [0.5, 0.6) is 0 Å². The van der Waals surface area contributed by atoms with E-state index in [2.05, 4.69) is 11.1 Å². The summed E-state index contributed by atoms with van der Waals surface area (Å²) in [6, 6.07) is 8.26. The smallest absolute Gasteiger partial charge is 0.192 e. The molecule has 0 saturated heterocycles. The average molecular weight is 214 g/mol. The Labute approximate surface area is 94.7 Å². The van der Waals surface area contributed by atoms with Crippen LogP contribution in [0.2, 0.25) is 0 Å². The van der Waals surface area contributed by atoms with E-state index < -0.39 is 0 Å². The van der Waals surface area contributed by atoms with E-state index in [1.807, 2.05) is 32.0 Å². The van der Waals surface area contributed by atoms with Gasteiger partial charge in [-0.15, -0.1) is 0 Å². The Balaban J connectivity index is 2.29. The molecule has 0 saturated carbocycles. The summed E-state index contributed by atoms with van der Waals surface area (Å²) >= 11 is 0. The van der Waals surface area contributed by atoms with Gasteiger partial charge in [0.2, 0.25) is 0 Å². The number of nitrogens with zero attached hydrogens (tertiary/aromatic N) is 2. The zero-order valence-electron chi connectivity index (χ0n) is 9.53. The Hall–Kier alpha value is -1.82. The van der Waals surface area contributed by atoms with E-state index in [0.717, 1.165) is 29.5 Å². The first-order valence-electron chi connectivity index (χ1n) is 5.48. The fourth-order valence-corrected chi connectivity index (χ4v) is 1.78. The SMILES string of the molecule is CCC(C#N)Cc1ccc2nc(C)oc2c1. The number of rotatable bonds is 3. The predicted molar refractivity (Wildman–Crippen MR) is 61.8 cm³/mol. The fraction of sp³-hybridized carbons (Fsp3) is 0.385. The minimum absolute atomic E-state index is 0.0847. The van der Waals surface area contributed by atoms with Crippen molar-refractivity contribution in [2.75, 3.05) is 0 Å². The molecule has 0 bridgehead atoms. The number of hydrogen-bond donors (Lipinski definition) is 0. The van der Waals surface area contributed by atoms with E-state index in [4.69, 9.17) is 9.68 Å². The zero-order chi connectivity index (χ0) is 11.5. The molecule has 0 fully saturated rings. The molecule has 1 unspecified atom stereocenters. The number of aromatic nitrogens is 1. The lowest BCUT2D eigenvalue weighted by molar-refractivity contribution is 0.560. The monoisotopic (exact) mass is 214 g/mol. The van der Waals surface area contributed by atoms with E-state index in [1.165, 1.54) is 0 Å². The highest BCUT2D eigenvalue weighted by atomic mass is 16.3. The molecule has 2 rings (SSSR count). The molecular formula is C13H14N2O. The van der Waals surface area contributed by atoms with Crippen molar-refractivity contribution in [2.24, 2.45) is 5.92 Å². The maximum atomic E-state index is 8.92. The summed E-state index contributed by atoms with van der Waals surface area (Å²) in [5.74, 6) is 0.765. The van der Waals surface area contributed by atoms with Gasteiger partial charge in [0.05, 0.1) is 12.0 Å². The molecule has 82 valence electrons. The number of nitriles is 1. The van der Waals surface area contributed by atoms with Crippen molar-refractivity contribution in [2.45, 2.75) is 26.7 Å². The predicted octanol–water partition coefficient (Wildman–Crippen LogP) is 3.23. The van der Waals surface area contributed by atoms with Crippen LogP contribution in [0.3, 0.4) is 0 Å². The highest BCUT2D eigenvalue weighted by Crippen LogP contribution is 2.19. The summed E-state index contributed by atoms with van der Waals surface area (Å²) < 4.78 is 5.46. The van der Waals surface area contributed by atoms with Gasteiger partial charge in [-0.1, -0.05) is 13.0 Å². The van der Waals surface area contributed by atoms with E-state index in [-0.39, 0.29) is 5.92 Å². The third-order valence-corrected chi connectivity index (χ3v) is 2.72. The van der Waals surface area contributed by atoms with Crippen LogP contribution in [0.1, 0.15) is 24.8 Å². The molecule has 0 radical (unpaired) electrons. The summed E-state index contributed by atoms with van der Waals surface area (Å²) in [6.45, 7) is 3.87. The largest absolute Gasteiger partial charge is 0.441 e. The van der Waals surface area contributed by atoms with Crippen molar-refractivity contribution >= 4 is 11.1 Å². The Morgan fingerprint density at radius 3 is 3.00 bits per heavy atom. The fourth-order valence-electron chi connectivity index (χ4n) is 1.78. The van der Waals surface area contributed by atoms with Crippen molar-refractivity contribution in [3.8, 4) is 6.07 Å². The molecule has 1 aromatic heterocycles. The molecule has 0 N–H and O–H groups in total. The molecule has 1 heterocycles. The van der Waals surface area contributed by atoms with E-state index in [9.17, 15) is 0 Å². The molecule has 1 atom stereocenters. The van der Waals surface area contributed by atoms with Crippen molar-refractivity contribution in [1.82, 2.24) is 4.98 Å². The maximum absolute atomic E-state index is 8.92. The Bertz CT molecular complexity index is 536. The zero-order valence-corrected chi connectivity index (χ0v) is 9.53. The van der Waals surface area contributed by atoms with Gasteiger partial charge >= 0.3 is 0 Å². The molecule has 0 aliphatic heterocycles. The van der Waals surface area contributed by atoms with Crippen molar-refractivity contribution in [3.63, 3.8) is 0 Å². The van der Waals surface area contributed by atoms with Crippen LogP contribution < -0.4 is 0 Å². The van der Waals surface area contributed by atoms with Gasteiger partial charge in [-0.25, -0.2) is 4.98 Å². The van der Waals surface area contributed by atoms with Crippen LogP contribution in [0.4, 0.5) is 0 Å². The lowest BCUT2D eigenvalue weighted by Gasteiger charge is -2.04. The second-order valence-corrected chi connectivity index (χ2v) is 3.97. The van der Waals surface area contributed by atoms with Crippen molar-refractivity contribution in [1.29, 1.82) is 5.26 Å². The van der Waals surface area contributed by atoms with Crippen LogP contribution in [0, 0.1) is 24.2 Å². The molecule has 16 heavy (non-hydrogen) atoms. The number of oxazole rings is 1. The van der Waals surface area contributed by atoms with E-state index in [0.29, 0.717) is 5.89 Å². The second-order valence-electron chi connectivity index (χ2n) is 3.97. The number of hydrogen-bond acceptors (Lipinski definition) is 3. The van der Waals surface area contributed by atoms with Crippen LogP contribution in [0.25, 0.3) is 11.1 Å². The summed E-state index contributed by atoms with van der Waals surface area (Å²) in [4.78, 5) is 4.24. The Kier molecular flexibility index (Phi) is 2.91. The number of aryl methyl sites for hydroxylation is 1. The third-order valence-electron chi connectivity index (χ3n) is 2.72. The third kappa shape index (κ3) is 2.06. The summed E-state index contributed by atoms with van der Waals surface area (Å²) in [7, 11) is 0. The first kappa shape index (κ1) is 10.7. The minimum Gasteiger partial charge on any atom is -0.441 e. The van der Waals surface area contributed by atoms with Gasteiger partial charge < -0.3 is 4.42 Å². The van der Waals surface area contributed by atoms with Gasteiger partial charge in [-0.3, -0.25) is 0 Å². The van der Waals surface area contributed by atoms with E-state index >= 15 is 0 Å². The van der Waals surface area contributed by atoms with E-state index in [1.54, 1.807) is 0 Å². The van der Waals surface area contributed by atoms with Crippen molar-refractivity contribution in [3.05, 3.63) is 29.7 Å². The van der Waals surface area contributed by atoms with Gasteiger partial charge in [0.25, 0.3) is 0 Å². The number of fused-ring (bicyclic) bond motifs is 1. The topological polar surface area (TPSA) is 49.8 Å². The van der Waals surface area contributed by atoms with Gasteiger partial charge in [-0.2, -0.15) is 5.26 Å². The normalized spacial score (nSPS) is 12.6. The lowest BCUT2D eigenvalue weighted by atomic mass is 9.98. The Morgan fingerprint density at radius 2 is 2.31 bits per heavy atom. The molecule has 1 aromatic carbocycles. The first-order chi connectivity index (χ1) is 7.72. The Morgan fingerprint density at radius 1 is 1.50 bits per heavy atom. The van der Waals surface area contributed by atoms with Gasteiger partial charge in [0.1, 0.15) is 5.52 Å². The molecule has 0 amide bonds. The standard InChI is InChI=1S/C13H14N2O/c1-3-10(8-14)6-11-4-5-12-13(7-11)16-9(2)15-12/h4-5,7,10H,3,6H2,1-2H3. The van der Waals surface area contributed by atoms with Gasteiger partial charge in [0, 0.05) is 6.92 Å². The van der Waals surface area contributed by atoms with Gasteiger partial charge in [-0.05, 0) is 30.5 Å². The summed E-state index contributed by atoms with van der Waals surface area (Å²) in [6.07, 6.45) is 1.66. The maximum Gasteiger partial charge on any atom is 0.192 e. The lowest BCUT2D eigenvalue weighted by Crippen LogP contribution is -1.99. The highest BCUT2D eigenvalue weighted by molar-refractivity contribution is 5.73. The molecule has 2 aromatic rings. The molecule has 3 nitrogen and oxygen atoms in total. The molecule has 3 heteroatoms. The molecule has 0 aliphatic carbocycles. The minimum atomic E-state index is 0.0847. The van der Waals surface area contributed by atoms with Crippen LogP contribution in [-0.2, 0) is 6.42 Å². The summed E-state index contributed by atoms with van der Waals surface area (Å²) in [5.41, 5.74) is 2.83. The quantitative estimate of drug-likeness (QED) is 0.788.